The predicted octanol–water partition coefficient (Wildman–Crippen LogP) is 1.67. The van der Waals surface area contributed by atoms with E-state index in [9.17, 15) is 0 Å². The largest absolute Gasteiger partial charge is 0.316 e. The molecule has 2 aromatic heterocycles. The Morgan fingerprint density at radius 3 is 3.05 bits per heavy atom. The molecule has 0 radical (unpaired) electrons. The maximum Gasteiger partial charge on any atom is 0.164 e. The van der Waals surface area contributed by atoms with Crippen molar-refractivity contribution in [2.75, 3.05) is 13.1 Å². The zero-order valence-electron chi connectivity index (χ0n) is 11.7. The second-order valence-electron chi connectivity index (χ2n) is 5.51. The molecule has 0 bridgehead atoms. The first-order valence-electron chi connectivity index (χ1n) is 7.13. The van der Waals surface area contributed by atoms with Gasteiger partial charge >= 0.3 is 0 Å². The van der Waals surface area contributed by atoms with Crippen LogP contribution in [0.1, 0.15) is 36.6 Å². The Hall–Kier alpha value is -1.49. The third-order valence-corrected chi connectivity index (χ3v) is 3.93. The molecule has 1 atom stereocenters. The van der Waals surface area contributed by atoms with Crippen molar-refractivity contribution < 1.29 is 0 Å². The molecule has 1 fully saturated rings. The highest BCUT2D eigenvalue weighted by Crippen LogP contribution is 2.17. The second kappa shape index (κ2) is 5.25. The monoisotopic (exact) mass is 259 g/mol. The van der Waals surface area contributed by atoms with Gasteiger partial charge in [-0.05, 0) is 52.1 Å². The van der Waals surface area contributed by atoms with E-state index in [4.69, 9.17) is 0 Å². The molecule has 5 nitrogen and oxygen atoms in total. The maximum atomic E-state index is 4.50. The molecule has 1 saturated heterocycles. The van der Waals surface area contributed by atoms with E-state index in [-0.39, 0.29) is 0 Å². The summed E-state index contributed by atoms with van der Waals surface area (Å²) in [5.41, 5.74) is 1.92. The van der Waals surface area contributed by atoms with Gasteiger partial charge in [-0.2, -0.15) is 0 Å². The fraction of sp³-hybridized carbons (Fsp3) is 0.643. The van der Waals surface area contributed by atoms with Crippen LogP contribution in [0, 0.1) is 19.8 Å². The van der Waals surface area contributed by atoms with Crippen molar-refractivity contribution in [1.82, 2.24) is 24.9 Å². The van der Waals surface area contributed by atoms with E-state index in [1.54, 1.807) is 0 Å². The van der Waals surface area contributed by atoms with Crippen LogP contribution in [0.2, 0.25) is 0 Å². The molecule has 0 spiro atoms. The van der Waals surface area contributed by atoms with E-state index in [1.165, 1.54) is 25.8 Å². The third kappa shape index (κ3) is 2.61. The van der Waals surface area contributed by atoms with Crippen LogP contribution in [-0.4, -0.2) is 32.7 Å². The number of hydrogen-bond acceptors (Lipinski definition) is 4. The van der Waals surface area contributed by atoms with Crippen LogP contribution in [0.5, 0.6) is 0 Å². The first kappa shape index (κ1) is 12.5. The highest BCUT2D eigenvalue weighted by atomic mass is 15.3. The Kier molecular flexibility index (Phi) is 3.46. The number of aromatic nitrogens is 4. The summed E-state index contributed by atoms with van der Waals surface area (Å²) in [5.74, 6) is 2.81. The lowest BCUT2D eigenvalue weighted by Gasteiger charge is -2.22. The van der Waals surface area contributed by atoms with E-state index in [1.807, 2.05) is 19.9 Å². The van der Waals surface area contributed by atoms with Gasteiger partial charge in [-0.15, -0.1) is 10.2 Å². The summed E-state index contributed by atoms with van der Waals surface area (Å²) in [5, 5.41) is 12.1. The van der Waals surface area contributed by atoms with Crippen LogP contribution in [0.15, 0.2) is 6.07 Å². The van der Waals surface area contributed by atoms with Gasteiger partial charge in [0.15, 0.2) is 5.65 Å². The third-order valence-electron chi connectivity index (χ3n) is 3.93. The highest BCUT2D eigenvalue weighted by molar-refractivity contribution is 5.39. The number of fused-ring (bicyclic) bond motifs is 1. The zero-order chi connectivity index (χ0) is 13.2. The first-order valence-corrected chi connectivity index (χ1v) is 7.13. The smallest absolute Gasteiger partial charge is 0.164 e. The fourth-order valence-electron chi connectivity index (χ4n) is 2.97. The van der Waals surface area contributed by atoms with Crippen molar-refractivity contribution in [3.05, 3.63) is 23.4 Å². The van der Waals surface area contributed by atoms with Gasteiger partial charge in [0.25, 0.3) is 0 Å². The normalized spacial score (nSPS) is 20.0. The number of nitrogens with one attached hydrogen (secondary N) is 1. The van der Waals surface area contributed by atoms with E-state index in [0.717, 1.165) is 41.9 Å². The van der Waals surface area contributed by atoms with E-state index in [0.29, 0.717) is 0 Å². The summed E-state index contributed by atoms with van der Waals surface area (Å²) in [4.78, 5) is 4.50. The molecule has 0 amide bonds. The lowest BCUT2D eigenvalue weighted by atomic mass is 9.94. The summed E-state index contributed by atoms with van der Waals surface area (Å²) in [7, 11) is 0. The molecule has 1 N–H and O–H groups in total. The van der Waals surface area contributed by atoms with Crippen molar-refractivity contribution in [3.63, 3.8) is 0 Å². The Morgan fingerprint density at radius 1 is 1.37 bits per heavy atom. The van der Waals surface area contributed by atoms with E-state index in [2.05, 4.69) is 24.9 Å². The standard InChI is InChI=1S/C14H21N5/c1-10-8-14-18-17-13(19(14)11(2)16-10)6-5-12-4-3-7-15-9-12/h8,12,15H,3-7,9H2,1-2H3. The van der Waals surface area contributed by atoms with Gasteiger partial charge in [-0.1, -0.05) is 0 Å². The van der Waals surface area contributed by atoms with E-state index < -0.39 is 0 Å². The van der Waals surface area contributed by atoms with Crippen molar-refractivity contribution in [2.45, 2.75) is 39.5 Å². The van der Waals surface area contributed by atoms with Crippen LogP contribution in [0.25, 0.3) is 5.65 Å². The topological polar surface area (TPSA) is 55.1 Å². The van der Waals surface area contributed by atoms with Gasteiger partial charge in [0, 0.05) is 18.2 Å². The number of piperidine rings is 1. The highest BCUT2D eigenvalue weighted by Gasteiger charge is 2.15. The Morgan fingerprint density at radius 2 is 2.26 bits per heavy atom. The molecule has 2 aromatic rings. The van der Waals surface area contributed by atoms with Crippen LogP contribution in [0.3, 0.4) is 0 Å². The molecule has 1 aliphatic rings. The number of nitrogens with zero attached hydrogens (tertiary/aromatic N) is 4. The summed E-state index contributed by atoms with van der Waals surface area (Å²) in [6.45, 7) is 6.34. The van der Waals surface area contributed by atoms with Crippen LogP contribution in [0.4, 0.5) is 0 Å². The summed E-state index contributed by atoms with van der Waals surface area (Å²) >= 11 is 0. The second-order valence-corrected chi connectivity index (χ2v) is 5.51. The average Bonchev–Trinajstić information content (AvgIpc) is 2.81. The summed E-state index contributed by atoms with van der Waals surface area (Å²) in [6, 6.07) is 1.99. The minimum atomic E-state index is 0.778. The van der Waals surface area contributed by atoms with Crippen LogP contribution in [-0.2, 0) is 6.42 Å². The van der Waals surface area contributed by atoms with Gasteiger partial charge < -0.3 is 5.32 Å². The van der Waals surface area contributed by atoms with E-state index >= 15 is 0 Å². The molecular weight excluding hydrogens is 238 g/mol. The van der Waals surface area contributed by atoms with Crippen molar-refractivity contribution >= 4 is 5.65 Å². The van der Waals surface area contributed by atoms with Crippen molar-refractivity contribution in [3.8, 4) is 0 Å². The van der Waals surface area contributed by atoms with Crippen molar-refractivity contribution in [2.24, 2.45) is 5.92 Å². The fourth-order valence-corrected chi connectivity index (χ4v) is 2.97. The lowest BCUT2D eigenvalue weighted by Crippen LogP contribution is -2.30. The molecule has 19 heavy (non-hydrogen) atoms. The molecule has 1 unspecified atom stereocenters. The SMILES string of the molecule is Cc1cc2nnc(CCC3CCCNC3)n2c(C)n1. The number of aryl methyl sites for hydroxylation is 3. The first-order chi connectivity index (χ1) is 9.24. The van der Waals surface area contributed by atoms with Gasteiger partial charge in [0.2, 0.25) is 0 Å². The predicted molar refractivity (Wildman–Crippen MR) is 74.2 cm³/mol. The number of hydrogen-bond donors (Lipinski definition) is 1. The maximum absolute atomic E-state index is 4.50. The van der Waals surface area contributed by atoms with Gasteiger partial charge in [0.1, 0.15) is 11.6 Å². The molecule has 102 valence electrons. The Labute approximate surface area is 113 Å². The van der Waals surface area contributed by atoms with Gasteiger partial charge in [0.05, 0.1) is 0 Å². The minimum Gasteiger partial charge on any atom is -0.316 e. The molecular formula is C14H21N5. The lowest BCUT2D eigenvalue weighted by molar-refractivity contribution is 0.355. The Balaban J connectivity index is 1.77. The quantitative estimate of drug-likeness (QED) is 0.911. The van der Waals surface area contributed by atoms with Crippen LogP contribution >= 0.6 is 0 Å². The molecule has 1 aliphatic heterocycles. The molecule has 3 rings (SSSR count). The zero-order valence-corrected chi connectivity index (χ0v) is 11.7. The van der Waals surface area contributed by atoms with Crippen LogP contribution < -0.4 is 5.32 Å². The molecule has 0 aliphatic carbocycles. The van der Waals surface area contributed by atoms with Gasteiger partial charge in [-0.3, -0.25) is 4.40 Å². The average molecular weight is 259 g/mol. The number of rotatable bonds is 3. The molecule has 3 heterocycles. The molecule has 0 aromatic carbocycles. The summed E-state index contributed by atoms with van der Waals surface area (Å²) in [6.07, 6.45) is 4.80. The van der Waals surface area contributed by atoms with Gasteiger partial charge in [-0.25, -0.2) is 4.98 Å². The molecule has 0 saturated carbocycles. The Bertz CT molecular complexity index is 568. The van der Waals surface area contributed by atoms with Crippen molar-refractivity contribution in [1.29, 1.82) is 0 Å². The minimum absolute atomic E-state index is 0.778. The summed E-state index contributed by atoms with van der Waals surface area (Å²) < 4.78 is 2.09. The molecule has 5 heteroatoms.